The first-order chi connectivity index (χ1) is 68.0. The summed E-state index contributed by atoms with van der Waals surface area (Å²) < 4.78 is 19.1. The minimum absolute atomic E-state index is 0.0377. The fourth-order valence-electron chi connectivity index (χ4n) is 22.4. The zero-order valence-electron chi connectivity index (χ0n) is 87.1. The summed E-state index contributed by atoms with van der Waals surface area (Å²) in [5.41, 5.74) is 11.0. The highest BCUT2D eigenvalue weighted by Gasteiger charge is 2.53. The van der Waals surface area contributed by atoms with Crippen molar-refractivity contribution >= 4 is 137 Å². The third-order valence-electron chi connectivity index (χ3n) is 30.6. The van der Waals surface area contributed by atoms with Crippen LogP contribution < -0.4 is 0 Å². The minimum Gasteiger partial charge on any atom is -0.306 e. The number of benzene rings is 2. The van der Waals surface area contributed by atoms with Gasteiger partial charge in [0.2, 0.25) is 0 Å². The van der Waals surface area contributed by atoms with E-state index in [1.807, 2.05) is 12.1 Å². The molecule has 0 radical (unpaired) electrons. The maximum Gasteiger partial charge on any atom is 0.261 e. The van der Waals surface area contributed by atoms with E-state index in [1.54, 1.807) is 45.3 Å². The summed E-state index contributed by atoms with van der Waals surface area (Å²) in [5, 5.41) is 0. The number of hydrogen-bond donors (Lipinski definition) is 0. The van der Waals surface area contributed by atoms with E-state index in [0.717, 1.165) is 198 Å². The summed E-state index contributed by atoms with van der Waals surface area (Å²) in [6, 6.07) is 30.4. The van der Waals surface area contributed by atoms with Gasteiger partial charge in [-0.2, -0.15) is 17.5 Å². The van der Waals surface area contributed by atoms with E-state index in [1.165, 1.54) is 332 Å². The summed E-state index contributed by atoms with van der Waals surface area (Å²) in [4.78, 5) is 84.7. The highest BCUT2D eigenvalue weighted by atomic mass is 32.1. The SMILES string of the molecule is CCCCCCCCCCC(CCCCCCCC)CN1C(=O)C2=C(c3ccc(-c4cccc5nsnc45)s3)N(CC(CCCCCCCC)CCCCCCCCCC)C(=O)C2=C1c1ccc(-c2ccc(C3=C4C(=O)N(CC(CCCCCCCC)CCCCCCCCCC)C(c5ccc(-c6cccc7nsnc67)s5)=C4C(=O)N3CC(CCCCCCCC)CCCCCCCCCC)s2)s1. The Hall–Kier alpha value is -6.28. The first kappa shape index (κ1) is 111. The summed E-state index contributed by atoms with van der Waals surface area (Å²) in [6.07, 6.45) is 77.6. The van der Waals surface area contributed by atoms with Crippen molar-refractivity contribution in [1.82, 2.24) is 37.1 Å². The van der Waals surface area contributed by atoms with E-state index >= 15 is 19.2 Å². The molecular weight excluding hydrogens is 1810 g/mol. The lowest BCUT2D eigenvalue weighted by molar-refractivity contribution is -0.124. The van der Waals surface area contributed by atoms with E-state index < -0.39 is 0 Å². The van der Waals surface area contributed by atoms with E-state index in [9.17, 15) is 0 Å². The van der Waals surface area contributed by atoms with Gasteiger partial charge in [-0.3, -0.25) is 19.2 Å². The smallest absolute Gasteiger partial charge is 0.261 e. The number of amides is 4. The van der Waals surface area contributed by atoms with Gasteiger partial charge in [0.05, 0.1) is 88.0 Å². The number of thiophene rings is 4. The van der Waals surface area contributed by atoms with Gasteiger partial charge in [-0.25, -0.2) is 0 Å². The Morgan fingerprint density at radius 2 is 0.391 bits per heavy atom. The van der Waals surface area contributed by atoms with Crippen LogP contribution in [0.5, 0.6) is 0 Å². The number of aromatic nitrogens is 4. The van der Waals surface area contributed by atoms with Crippen molar-refractivity contribution in [2.75, 3.05) is 26.2 Å². The molecule has 12 rings (SSSR count). The first-order valence-corrected chi connectivity index (χ1v) is 61.8. The second-order valence-corrected chi connectivity index (χ2v) is 47.2. The maximum atomic E-state index is 17.1. The Balaban J connectivity index is 0.992. The molecule has 12 nitrogen and oxygen atoms in total. The second-order valence-electron chi connectivity index (χ2n) is 41.8. The molecule has 4 unspecified atom stereocenters. The Morgan fingerprint density at radius 1 is 0.210 bits per heavy atom. The molecule has 4 atom stereocenters. The predicted octanol–water partition coefficient (Wildman–Crippen LogP) is 38.1. The Labute approximate surface area is 860 Å². The van der Waals surface area contributed by atoms with Crippen LogP contribution in [0.3, 0.4) is 0 Å². The Kier molecular flexibility index (Phi) is 50.0. The molecule has 4 aliphatic rings. The lowest BCUT2D eigenvalue weighted by Gasteiger charge is -2.29. The van der Waals surface area contributed by atoms with Gasteiger partial charge in [0.25, 0.3) is 23.6 Å². The van der Waals surface area contributed by atoms with Crippen LogP contribution >= 0.6 is 68.8 Å². The molecule has 0 spiro atoms. The highest BCUT2D eigenvalue weighted by Crippen LogP contribution is 2.55. The molecule has 6 aromatic heterocycles. The topological polar surface area (TPSA) is 133 Å². The third-order valence-corrected chi connectivity index (χ3v) is 36.3. The van der Waals surface area contributed by atoms with E-state index in [-0.39, 0.29) is 47.3 Å². The molecule has 0 N–H and O–H groups in total. The number of carbonyl (C=O) groups is 4. The molecule has 8 aromatic rings. The molecule has 0 aliphatic carbocycles. The van der Waals surface area contributed by atoms with Crippen LogP contribution in [-0.2, 0) is 19.2 Å². The predicted molar refractivity (Wildman–Crippen MR) is 598 cm³/mol. The van der Waals surface area contributed by atoms with Crippen LogP contribution in [0.4, 0.5) is 0 Å². The van der Waals surface area contributed by atoms with Crippen LogP contribution in [0.25, 0.3) is 75.5 Å². The molecule has 10 heterocycles. The molecule has 4 amide bonds. The van der Waals surface area contributed by atoms with Gasteiger partial charge >= 0.3 is 0 Å². The van der Waals surface area contributed by atoms with Crippen LogP contribution in [0.1, 0.15) is 486 Å². The Bertz CT molecular complexity index is 4730. The Morgan fingerprint density at radius 3 is 0.601 bits per heavy atom. The molecule has 4 aliphatic heterocycles. The van der Waals surface area contributed by atoms with Crippen LogP contribution in [-0.4, -0.2) is 86.9 Å². The molecule has 0 saturated heterocycles. The fraction of sp³-hybridized carbons (Fsp3) is 0.667. The van der Waals surface area contributed by atoms with E-state index in [2.05, 4.69) is 148 Å². The molecule has 2 aromatic carbocycles. The van der Waals surface area contributed by atoms with Crippen molar-refractivity contribution in [2.45, 2.75) is 466 Å². The molecule has 18 heteroatoms. The van der Waals surface area contributed by atoms with Gasteiger partial charge < -0.3 is 19.6 Å². The van der Waals surface area contributed by atoms with Gasteiger partial charge in [0, 0.05) is 56.8 Å². The highest BCUT2D eigenvalue weighted by molar-refractivity contribution is 7.23. The third kappa shape index (κ3) is 32.4. The van der Waals surface area contributed by atoms with Crippen LogP contribution in [0.15, 0.2) is 107 Å². The molecule has 758 valence electrons. The van der Waals surface area contributed by atoms with Crippen LogP contribution in [0.2, 0.25) is 0 Å². The fourth-order valence-corrected chi connectivity index (χ4v) is 27.9. The monoisotopic (exact) mass is 1990 g/mol. The summed E-state index contributed by atoms with van der Waals surface area (Å²) >= 11 is 9.28. The van der Waals surface area contributed by atoms with Crippen LogP contribution in [0, 0.1) is 23.7 Å². The lowest BCUT2D eigenvalue weighted by atomic mass is 9.93. The van der Waals surface area contributed by atoms with Crippen molar-refractivity contribution in [3.05, 3.63) is 127 Å². The van der Waals surface area contributed by atoms with E-state index in [0.29, 0.717) is 48.5 Å². The minimum atomic E-state index is -0.0377. The average molecular weight is 1990 g/mol. The average Bonchev–Trinajstić information content (AvgIpc) is 1.55. The van der Waals surface area contributed by atoms with Gasteiger partial charge in [-0.1, -0.05) is 439 Å². The summed E-state index contributed by atoms with van der Waals surface area (Å²) in [5.74, 6) is 0.893. The van der Waals surface area contributed by atoms with E-state index in [4.69, 9.17) is 17.5 Å². The van der Waals surface area contributed by atoms with Gasteiger partial charge in [0.1, 0.15) is 22.1 Å². The zero-order valence-corrected chi connectivity index (χ0v) is 92.0. The van der Waals surface area contributed by atoms with Gasteiger partial charge in [-0.15, -0.1) is 45.3 Å². The summed E-state index contributed by atoms with van der Waals surface area (Å²) in [6.45, 7) is 20.7. The van der Waals surface area contributed by atoms with Gasteiger partial charge in [-0.05, 0) is 136 Å². The van der Waals surface area contributed by atoms with Gasteiger partial charge in [0.15, 0.2) is 0 Å². The van der Waals surface area contributed by atoms with Crippen molar-refractivity contribution in [2.24, 2.45) is 23.7 Å². The normalized spacial score (nSPS) is 15.1. The van der Waals surface area contributed by atoms with Crippen molar-refractivity contribution in [1.29, 1.82) is 0 Å². The number of hydrogen-bond acceptors (Lipinski definition) is 14. The maximum absolute atomic E-state index is 17.1. The number of carbonyl (C=O) groups excluding carboxylic acids is 4. The molecule has 138 heavy (non-hydrogen) atoms. The second kappa shape index (κ2) is 62.4. The largest absolute Gasteiger partial charge is 0.306 e. The number of rotatable bonds is 79. The number of fused-ring (bicyclic) bond motifs is 4. The standard InChI is InChI=1S/C120H178N8O4S6/c1-9-17-25-33-41-45-53-61-71-91(67-57-49-37-29-21-13-5)87-125-113(103-83-79-99(133-103)95-75-65-77-97-111(95)123-137-121-97)107-109(119(125)131)115(127(117(107)129)89-93(69-59-51-39-31-23-15-7)73-63-55-47-43-35-27-19-11-3)105-85-81-101(135-105)102-82-86-106(136-102)116-110-108(118(130)128(116)90-94(70-60-52-40-32-24-16-8)74-64-56-48-44-36-28-20-12-4)114(104-84-80-100(134-104)96-76-66-78-98-112(96)124-138-122-98)126(120(110)132)88-92(68-58-50-38-30-22-14-6)72-62-54-46-42-34-26-18-10-2/h65-66,75-86,91-94H,9-64,67-74,87-90H2,1-8H3. The molecule has 0 bridgehead atoms. The summed E-state index contributed by atoms with van der Waals surface area (Å²) in [7, 11) is 0. The molecule has 0 fully saturated rings. The molecule has 0 saturated carbocycles. The van der Waals surface area contributed by atoms with Crippen molar-refractivity contribution in [3.8, 4) is 30.6 Å². The molecular formula is C120H178N8O4S6. The number of unbranched alkanes of at least 4 members (excludes halogenated alkanes) is 48. The quantitative estimate of drug-likeness (QED) is 0.0344. The zero-order chi connectivity index (χ0) is 96.7. The lowest BCUT2D eigenvalue weighted by Crippen LogP contribution is -2.34. The number of nitrogens with zero attached hydrogens (tertiary/aromatic N) is 8. The van der Waals surface area contributed by atoms with Crippen molar-refractivity contribution < 1.29 is 19.2 Å². The van der Waals surface area contributed by atoms with Crippen molar-refractivity contribution in [3.63, 3.8) is 0 Å². The first-order valence-electron chi connectivity index (χ1n) is 57.1.